The maximum Gasteiger partial charge on any atom is 0.522 e. The van der Waals surface area contributed by atoms with E-state index in [9.17, 15) is 30.7 Å². The molecule has 0 bridgehead atoms. The zero-order valence-corrected chi connectivity index (χ0v) is 23.9. The molecule has 0 aromatic heterocycles. The summed E-state index contributed by atoms with van der Waals surface area (Å²) in [7, 11) is 0. The Morgan fingerprint density at radius 1 is 0.537 bits per heavy atom. The van der Waals surface area contributed by atoms with Crippen LogP contribution in [0, 0.1) is 35.5 Å². The van der Waals surface area contributed by atoms with Gasteiger partial charge in [-0.2, -0.15) is 8.78 Å². The van der Waals surface area contributed by atoms with Gasteiger partial charge in [-0.05, 0) is 74.5 Å². The summed E-state index contributed by atoms with van der Waals surface area (Å²) in [5.74, 6) is -2.63. The first-order chi connectivity index (χ1) is 19.1. The third-order valence-corrected chi connectivity index (χ3v) is 9.70. The minimum Gasteiger partial charge on any atom is -0.317 e. The SMILES string of the molecule is CC.CC1CCC(C2CCC(C3CC(F)C(C(F)(F)OC4CC(F)C(OC(F)(F)F)C(F)C4)C(F)C3)C(F)C2)CC1. The van der Waals surface area contributed by atoms with E-state index in [0.29, 0.717) is 24.7 Å². The van der Waals surface area contributed by atoms with Crippen molar-refractivity contribution in [2.24, 2.45) is 35.5 Å². The summed E-state index contributed by atoms with van der Waals surface area (Å²) in [6.45, 7) is 6.20. The number of ether oxygens (including phenoxy) is 2. The van der Waals surface area contributed by atoms with Crippen molar-refractivity contribution in [3.05, 3.63) is 0 Å². The molecule has 242 valence electrons. The third kappa shape index (κ3) is 8.88. The molecule has 4 fully saturated rings. The quantitative estimate of drug-likeness (QED) is 0.278. The van der Waals surface area contributed by atoms with Gasteiger partial charge in [0.15, 0.2) is 0 Å². The zero-order valence-electron chi connectivity index (χ0n) is 23.9. The van der Waals surface area contributed by atoms with Gasteiger partial charge in [-0.1, -0.05) is 33.6 Å². The molecule has 0 aromatic carbocycles. The van der Waals surface area contributed by atoms with E-state index in [1.54, 1.807) is 0 Å². The Balaban J connectivity index is 0.00000226. The van der Waals surface area contributed by atoms with Crippen LogP contribution in [-0.4, -0.2) is 55.5 Å². The highest BCUT2D eigenvalue weighted by Gasteiger charge is 2.58. The average molecular weight is 615 g/mol. The molecular formula is C29H44F10O2. The second-order valence-electron chi connectivity index (χ2n) is 12.4. The minimum absolute atomic E-state index is 0.218. The summed E-state index contributed by atoms with van der Waals surface area (Å²) in [5.41, 5.74) is 0. The van der Waals surface area contributed by atoms with Gasteiger partial charge in [0.05, 0.1) is 6.10 Å². The molecular weight excluding hydrogens is 570 g/mol. The van der Waals surface area contributed by atoms with Crippen molar-refractivity contribution >= 4 is 0 Å². The van der Waals surface area contributed by atoms with Gasteiger partial charge in [-0.25, -0.2) is 22.0 Å². The van der Waals surface area contributed by atoms with Crippen LogP contribution in [0.5, 0.6) is 0 Å². The van der Waals surface area contributed by atoms with Crippen molar-refractivity contribution in [1.82, 2.24) is 0 Å². The highest BCUT2D eigenvalue weighted by molar-refractivity contribution is 4.97. The van der Waals surface area contributed by atoms with E-state index in [-0.39, 0.29) is 5.92 Å². The maximum atomic E-state index is 15.2. The Kier molecular flexibility index (Phi) is 12.1. The molecule has 4 saturated carbocycles. The van der Waals surface area contributed by atoms with E-state index >= 15 is 13.2 Å². The van der Waals surface area contributed by atoms with Gasteiger partial charge in [0.1, 0.15) is 42.9 Å². The lowest BCUT2D eigenvalue weighted by atomic mass is 9.64. The van der Waals surface area contributed by atoms with Crippen LogP contribution in [0.1, 0.15) is 91.4 Å². The van der Waals surface area contributed by atoms with Crippen LogP contribution in [0.3, 0.4) is 0 Å². The lowest BCUT2D eigenvalue weighted by molar-refractivity contribution is -0.366. The lowest BCUT2D eigenvalue weighted by Gasteiger charge is -2.45. The number of hydrogen-bond donors (Lipinski definition) is 0. The average Bonchev–Trinajstić information content (AvgIpc) is 2.86. The van der Waals surface area contributed by atoms with Gasteiger partial charge in [-0.3, -0.25) is 4.74 Å². The third-order valence-electron chi connectivity index (χ3n) is 9.70. The summed E-state index contributed by atoms with van der Waals surface area (Å²) in [6.07, 6.45) is -22.7. The van der Waals surface area contributed by atoms with Crippen LogP contribution >= 0.6 is 0 Å². The lowest BCUT2D eigenvalue weighted by Crippen LogP contribution is -2.53. The first-order valence-electron chi connectivity index (χ1n) is 15.1. The Labute approximate surface area is 236 Å². The second-order valence-corrected chi connectivity index (χ2v) is 12.4. The number of alkyl halides is 10. The first kappa shape index (κ1) is 34.7. The van der Waals surface area contributed by atoms with Crippen molar-refractivity contribution in [3.63, 3.8) is 0 Å². The van der Waals surface area contributed by atoms with Crippen LogP contribution in [0.25, 0.3) is 0 Å². The monoisotopic (exact) mass is 614 g/mol. The molecule has 0 saturated heterocycles. The Morgan fingerprint density at radius 3 is 1.51 bits per heavy atom. The molecule has 0 heterocycles. The van der Waals surface area contributed by atoms with Crippen LogP contribution in [-0.2, 0) is 9.47 Å². The maximum absolute atomic E-state index is 15.2. The molecule has 0 aromatic rings. The van der Waals surface area contributed by atoms with Crippen LogP contribution < -0.4 is 0 Å². The molecule has 4 rings (SSSR count). The molecule has 4 aliphatic carbocycles. The molecule has 0 amide bonds. The summed E-state index contributed by atoms with van der Waals surface area (Å²) < 4.78 is 148. The molecule has 0 spiro atoms. The van der Waals surface area contributed by atoms with Gasteiger partial charge in [0.25, 0.3) is 0 Å². The molecule has 0 radical (unpaired) electrons. The van der Waals surface area contributed by atoms with E-state index in [4.69, 9.17) is 0 Å². The fourth-order valence-electron chi connectivity index (χ4n) is 7.64. The highest BCUT2D eigenvalue weighted by atomic mass is 19.4. The van der Waals surface area contributed by atoms with E-state index in [1.165, 1.54) is 0 Å². The van der Waals surface area contributed by atoms with Crippen molar-refractivity contribution < 1.29 is 53.4 Å². The van der Waals surface area contributed by atoms with Crippen LogP contribution in [0.15, 0.2) is 0 Å². The van der Waals surface area contributed by atoms with Crippen LogP contribution in [0.4, 0.5) is 43.9 Å². The van der Waals surface area contributed by atoms with Crippen molar-refractivity contribution in [3.8, 4) is 0 Å². The number of hydrogen-bond acceptors (Lipinski definition) is 2. The molecule has 4 aliphatic rings. The Hall–Kier alpha value is -0.780. The first-order valence-corrected chi connectivity index (χ1v) is 15.1. The van der Waals surface area contributed by atoms with Crippen LogP contribution in [0.2, 0.25) is 0 Å². The van der Waals surface area contributed by atoms with Gasteiger partial charge in [-0.15, -0.1) is 13.2 Å². The van der Waals surface area contributed by atoms with Crippen molar-refractivity contribution in [2.75, 3.05) is 0 Å². The highest BCUT2D eigenvalue weighted by Crippen LogP contribution is 2.51. The fraction of sp³-hybridized carbons (Fsp3) is 1.00. The fourth-order valence-corrected chi connectivity index (χ4v) is 7.64. The summed E-state index contributed by atoms with van der Waals surface area (Å²) >= 11 is 0. The predicted molar refractivity (Wildman–Crippen MR) is 134 cm³/mol. The van der Waals surface area contributed by atoms with Crippen molar-refractivity contribution in [2.45, 2.75) is 147 Å². The summed E-state index contributed by atoms with van der Waals surface area (Å²) in [5, 5.41) is 0. The molecule has 12 heteroatoms. The van der Waals surface area contributed by atoms with E-state index in [0.717, 1.165) is 32.1 Å². The van der Waals surface area contributed by atoms with E-state index in [1.807, 2.05) is 13.8 Å². The zero-order chi connectivity index (χ0) is 30.7. The molecule has 7 atom stereocenters. The Bertz CT molecular complexity index is 766. The van der Waals surface area contributed by atoms with Crippen molar-refractivity contribution in [1.29, 1.82) is 0 Å². The summed E-state index contributed by atoms with van der Waals surface area (Å²) in [6, 6.07) is 0. The second kappa shape index (κ2) is 14.3. The normalized spacial score (nSPS) is 44.6. The molecule has 0 aliphatic heterocycles. The topological polar surface area (TPSA) is 18.5 Å². The van der Waals surface area contributed by atoms with E-state index < -0.39 is 99.0 Å². The molecule has 0 N–H and O–H groups in total. The smallest absolute Gasteiger partial charge is 0.317 e. The number of halogens is 10. The standard InChI is InChI=1S/C27H38F10O2.C2H6/c1-13-2-4-14(5-3-13)15-6-7-18(19(28)8-15)16-9-20(29)24(21(30)10-16)26(33,34)38-17-11-22(31)25(23(32)12-17)39-27(35,36)37;1-2/h13-25H,2-12H2,1H3;1-2H3. The predicted octanol–water partition coefficient (Wildman–Crippen LogP) is 9.65. The largest absolute Gasteiger partial charge is 0.522 e. The number of rotatable bonds is 6. The minimum atomic E-state index is -5.33. The molecule has 7 unspecified atom stereocenters. The van der Waals surface area contributed by atoms with Gasteiger partial charge in [0, 0.05) is 12.8 Å². The summed E-state index contributed by atoms with van der Waals surface area (Å²) in [4.78, 5) is 0. The van der Waals surface area contributed by atoms with E-state index in [2.05, 4.69) is 16.4 Å². The molecule has 41 heavy (non-hydrogen) atoms. The Morgan fingerprint density at radius 2 is 1.02 bits per heavy atom. The molecule has 2 nitrogen and oxygen atoms in total. The van der Waals surface area contributed by atoms with Gasteiger partial charge >= 0.3 is 12.5 Å². The van der Waals surface area contributed by atoms with Gasteiger partial charge in [0.2, 0.25) is 0 Å². The van der Waals surface area contributed by atoms with Gasteiger partial charge < -0.3 is 4.74 Å².